The summed E-state index contributed by atoms with van der Waals surface area (Å²) in [5.74, 6) is -0.176. The minimum atomic E-state index is -4.42. The number of rotatable bonds is 6. The Balaban J connectivity index is 1.17. The van der Waals surface area contributed by atoms with E-state index in [4.69, 9.17) is 11.6 Å². The first kappa shape index (κ1) is 28.1. The maximum Gasteiger partial charge on any atom is 0.416 e. The molecule has 40 heavy (non-hydrogen) atoms. The lowest BCUT2D eigenvalue weighted by molar-refractivity contribution is -0.137. The molecule has 0 spiro atoms. The normalized spacial score (nSPS) is 17.2. The minimum absolute atomic E-state index is 0.222. The monoisotopic (exact) mass is 592 g/mol. The van der Waals surface area contributed by atoms with Gasteiger partial charge < -0.3 is 20.4 Å². The van der Waals surface area contributed by atoms with Crippen molar-refractivity contribution in [3.8, 4) is 0 Å². The molecule has 210 valence electrons. The molecule has 5 rings (SSSR count). The van der Waals surface area contributed by atoms with Crippen molar-refractivity contribution >= 4 is 52.2 Å². The van der Waals surface area contributed by atoms with E-state index < -0.39 is 17.8 Å². The van der Waals surface area contributed by atoms with E-state index in [9.17, 15) is 27.2 Å². The zero-order chi connectivity index (χ0) is 28.4. The zero-order valence-corrected chi connectivity index (χ0v) is 22.7. The number of anilines is 3. The summed E-state index contributed by atoms with van der Waals surface area (Å²) in [6.45, 7) is 1.49. The molecular formula is C28H25ClF4N4O2S. The number of hydrogen-bond acceptors (Lipinski definition) is 5. The van der Waals surface area contributed by atoms with Crippen LogP contribution in [-0.2, 0) is 16.7 Å². The molecular weight excluding hydrogens is 568 g/mol. The third-order valence-corrected chi connectivity index (χ3v) is 8.28. The van der Waals surface area contributed by atoms with E-state index in [1.54, 1.807) is 41.3 Å². The highest BCUT2D eigenvalue weighted by molar-refractivity contribution is 7.98. The highest BCUT2D eigenvalue weighted by Gasteiger charge is 2.32. The van der Waals surface area contributed by atoms with E-state index in [2.05, 4.69) is 10.6 Å². The summed E-state index contributed by atoms with van der Waals surface area (Å²) in [6.07, 6.45) is -4.42. The number of piperazine rings is 1. The van der Waals surface area contributed by atoms with E-state index in [1.165, 1.54) is 23.9 Å². The van der Waals surface area contributed by atoms with Crippen molar-refractivity contribution in [2.45, 2.75) is 18.0 Å². The smallest absolute Gasteiger partial charge is 0.371 e. The van der Waals surface area contributed by atoms with E-state index in [0.717, 1.165) is 12.1 Å². The molecule has 1 atom stereocenters. The van der Waals surface area contributed by atoms with Gasteiger partial charge in [-0.15, -0.1) is 0 Å². The first-order valence-corrected chi connectivity index (χ1v) is 14.1. The third kappa shape index (κ3) is 6.15. The summed E-state index contributed by atoms with van der Waals surface area (Å²) in [7, 11) is 0. The molecule has 0 aliphatic carbocycles. The van der Waals surface area contributed by atoms with Crippen molar-refractivity contribution in [2.24, 2.45) is 0 Å². The minimum Gasteiger partial charge on any atom is -0.371 e. The number of thioether (sulfide) groups is 1. The van der Waals surface area contributed by atoms with E-state index in [-0.39, 0.29) is 17.6 Å². The number of carbonyl (C=O) groups is 2. The highest BCUT2D eigenvalue weighted by atomic mass is 35.5. The summed E-state index contributed by atoms with van der Waals surface area (Å²) in [5, 5.41) is 6.36. The Morgan fingerprint density at radius 3 is 2.48 bits per heavy atom. The van der Waals surface area contributed by atoms with E-state index in [0.29, 0.717) is 70.9 Å². The van der Waals surface area contributed by atoms with Gasteiger partial charge in [-0.1, -0.05) is 23.7 Å². The van der Waals surface area contributed by atoms with Gasteiger partial charge in [0.1, 0.15) is 11.9 Å². The van der Waals surface area contributed by atoms with Crippen LogP contribution in [0.15, 0.2) is 60.7 Å². The maximum absolute atomic E-state index is 14.0. The number of halogens is 5. The molecule has 3 aromatic rings. The highest BCUT2D eigenvalue weighted by Crippen LogP contribution is 2.33. The van der Waals surface area contributed by atoms with Crippen LogP contribution in [0.4, 0.5) is 34.6 Å². The van der Waals surface area contributed by atoms with Gasteiger partial charge in [-0.2, -0.15) is 24.9 Å². The molecule has 0 bridgehead atoms. The zero-order valence-electron chi connectivity index (χ0n) is 21.1. The molecule has 2 amide bonds. The Morgan fingerprint density at radius 1 is 1.00 bits per heavy atom. The quantitative estimate of drug-likeness (QED) is 0.337. The summed E-state index contributed by atoms with van der Waals surface area (Å²) in [4.78, 5) is 29.4. The fourth-order valence-corrected chi connectivity index (χ4v) is 6.07. The third-order valence-electron chi connectivity index (χ3n) is 6.87. The lowest BCUT2D eigenvalue weighted by Gasteiger charge is -2.36. The summed E-state index contributed by atoms with van der Waals surface area (Å²) in [6, 6.07) is 14.2. The summed E-state index contributed by atoms with van der Waals surface area (Å²) >= 11 is 7.46. The van der Waals surface area contributed by atoms with Gasteiger partial charge in [-0.25, -0.2) is 4.39 Å². The molecule has 2 aliphatic rings. The van der Waals surface area contributed by atoms with Crippen LogP contribution in [0.1, 0.15) is 21.5 Å². The molecule has 12 heteroatoms. The van der Waals surface area contributed by atoms with Crippen LogP contribution >= 0.6 is 23.4 Å². The molecule has 0 radical (unpaired) electrons. The first-order valence-electron chi connectivity index (χ1n) is 12.5. The molecule has 6 nitrogen and oxygen atoms in total. The van der Waals surface area contributed by atoms with Crippen LogP contribution in [0.25, 0.3) is 0 Å². The molecule has 2 N–H and O–H groups in total. The number of carbonyl (C=O) groups excluding carboxylic acids is 2. The van der Waals surface area contributed by atoms with Crippen LogP contribution in [0.5, 0.6) is 0 Å². The second kappa shape index (κ2) is 11.6. The van der Waals surface area contributed by atoms with Gasteiger partial charge in [0.05, 0.1) is 16.9 Å². The van der Waals surface area contributed by atoms with Crippen molar-refractivity contribution in [3.63, 3.8) is 0 Å². The number of nitrogens with zero attached hydrogens (tertiary/aromatic N) is 2. The van der Waals surface area contributed by atoms with Gasteiger partial charge in [0.15, 0.2) is 0 Å². The Bertz CT molecular complexity index is 1410. The maximum atomic E-state index is 14.0. The molecule has 0 aromatic heterocycles. The summed E-state index contributed by atoms with van der Waals surface area (Å²) < 4.78 is 53.3. The van der Waals surface area contributed by atoms with Crippen molar-refractivity contribution in [1.29, 1.82) is 0 Å². The van der Waals surface area contributed by atoms with Crippen LogP contribution in [0, 0.1) is 5.82 Å². The van der Waals surface area contributed by atoms with Crippen molar-refractivity contribution in [3.05, 3.63) is 88.2 Å². The molecule has 2 heterocycles. The van der Waals surface area contributed by atoms with Gasteiger partial charge in [0.25, 0.3) is 5.91 Å². The number of nitrogens with one attached hydrogen (secondary N) is 2. The Hall–Kier alpha value is -3.44. The molecule has 1 saturated heterocycles. The average Bonchev–Trinajstić information content (AvgIpc) is 2.94. The van der Waals surface area contributed by atoms with E-state index >= 15 is 0 Å². The van der Waals surface area contributed by atoms with Crippen LogP contribution in [0.3, 0.4) is 0 Å². The molecule has 0 saturated carbocycles. The SMILES string of the molecule is O=C1Nc2cc(C(=O)N3CCN(c4cccc(C(F)(F)F)c4)CC3)ccc2N[C@H]1CSCc1c(F)cccc1Cl. The van der Waals surface area contributed by atoms with Gasteiger partial charge in [-0.05, 0) is 48.5 Å². The van der Waals surface area contributed by atoms with Crippen molar-refractivity contribution < 1.29 is 27.2 Å². The second-order valence-electron chi connectivity index (χ2n) is 9.49. The number of alkyl halides is 3. The molecule has 0 unspecified atom stereocenters. The van der Waals surface area contributed by atoms with Crippen LogP contribution in [-0.4, -0.2) is 54.7 Å². The van der Waals surface area contributed by atoms with Crippen molar-refractivity contribution in [2.75, 3.05) is 47.5 Å². The van der Waals surface area contributed by atoms with E-state index in [1.807, 2.05) is 4.90 Å². The Morgan fingerprint density at radius 2 is 1.75 bits per heavy atom. The van der Waals surface area contributed by atoms with Crippen LogP contribution < -0.4 is 15.5 Å². The van der Waals surface area contributed by atoms with Gasteiger partial charge in [0, 0.05) is 59.5 Å². The largest absolute Gasteiger partial charge is 0.416 e. The van der Waals surface area contributed by atoms with Gasteiger partial charge in [0.2, 0.25) is 5.91 Å². The topological polar surface area (TPSA) is 64.7 Å². The molecule has 2 aliphatic heterocycles. The lowest BCUT2D eigenvalue weighted by Crippen LogP contribution is -2.49. The fourth-order valence-electron chi connectivity index (χ4n) is 4.68. The first-order chi connectivity index (χ1) is 19.1. The Kier molecular flexibility index (Phi) is 8.14. The Labute approximate surface area is 237 Å². The number of amides is 2. The number of benzene rings is 3. The number of hydrogen-bond donors (Lipinski definition) is 2. The van der Waals surface area contributed by atoms with Gasteiger partial charge in [-0.3, -0.25) is 9.59 Å². The van der Waals surface area contributed by atoms with Crippen LogP contribution in [0.2, 0.25) is 5.02 Å². The predicted octanol–water partition coefficient (Wildman–Crippen LogP) is 6.13. The standard InChI is InChI=1S/C28H25ClF4N4O2S/c29-21-5-2-6-22(30)20(21)15-40-16-25-26(38)35-24-13-17(7-8-23(24)34-25)27(39)37-11-9-36(10-12-37)19-4-1-3-18(14-19)28(31,32)33/h1-8,13-14,25,34H,9-12,15-16H2,(H,35,38)/t25-/m0/s1. The molecule has 1 fully saturated rings. The predicted molar refractivity (Wildman–Crippen MR) is 150 cm³/mol. The van der Waals surface area contributed by atoms with Gasteiger partial charge >= 0.3 is 6.18 Å². The number of fused-ring (bicyclic) bond motifs is 1. The fraction of sp³-hybridized carbons (Fsp3) is 0.286. The average molecular weight is 593 g/mol. The second-order valence-corrected chi connectivity index (χ2v) is 10.9. The lowest BCUT2D eigenvalue weighted by atomic mass is 10.1. The molecule has 3 aromatic carbocycles. The van der Waals surface area contributed by atoms with Crippen molar-refractivity contribution in [1.82, 2.24) is 4.90 Å². The summed E-state index contributed by atoms with van der Waals surface area (Å²) in [5.41, 5.74) is 1.70.